The van der Waals surface area contributed by atoms with Gasteiger partial charge in [0.25, 0.3) is 5.92 Å². The van der Waals surface area contributed by atoms with Crippen molar-refractivity contribution in [2.24, 2.45) is 0 Å². The molecule has 1 atom stereocenters. The van der Waals surface area contributed by atoms with Gasteiger partial charge in [-0.05, 0) is 5.56 Å². The minimum absolute atomic E-state index is 0.0729. The number of carbonyl (C=O) groups is 2. The average Bonchev–Trinajstić information content (AvgIpc) is 2.47. The van der Waals surface area contributed by atoms with Crippen LogP contribution in [0.1, 0.15) is 18.4 Å². The minimum Gasteiger partial charge on any atom is -0.480 e. The molecule has 1 saturated heterocycles. The number of amides is 2. The number of piperidine rings is 1. The van der Waals surface area contributed by atoms with Crippen LogP contribution in [0.2, 0.25) is 0 Å². The summed E-state index contributed by atoms with van der Waals surface area (Å²) < 4.78 is 26.1. The first-order valence-electron chi connectivity index (χ1n) is 7.07. The van der Waals surface area contributed by atoms with E-state index < -0.39 is 36.8 Å². The molecule has 5 nitrogen and oxygen atoms in total. The molecule has 0 saturated carbocycles. The van der Waals surface area contributed by atoms with Crippen LogP contribution in [-0.4, -0.2) is 47.1 Å². The van der Waals surface area contributed by atoms with E-state index in [-0.39, 0.29) is 19.5 Å². The van der Waals surface area contributed by atoms with E-state index in [0.29, 0.717) is 0 Å². The fraction of sp³-hybridized carbons (Fsp3) is 0.467. The van der Waals surface area contributed by atoms with Crippen LogP contribution in [0.25, 0.3) is 0 Å². The SMILES string of the molecule is O=C(O)C(Cc1ccccc1)NC(=O)N1CCC(F)(F)CC1. The van der Waals surface area contributed by atoms with Crippen molar-refractivity contribution >= 4 is 12.0 Å². The number of hydrogen-bond acceptors (Lipinski definition) is 2. The van der Waals surface area contributed by atoms with Gasteiger partial charge in [-0.15, -0.1) is 0 Å². The average molecular weight is 312 g/mol. The highest BCUT2D eigenvalue weighted by Gasteiger charge is 2.36. The molecule has 0 aliphatic carbocycles. The maximum atomic E-state index is 13.1. The molecule has 1 fully saturated rings. The number of carbonyl (C=O) groups excluding carboxylic acids is 1. The summed E-state index contributed by atoms with van der Waals surface area (Å²) in [6.07, 6.45) is -0.639. The Hall–Kier alpha value is -2.18. The molecule has 0 bridgehead atoms. The second kappa shape index (κ2) is 6.72. The van der Waals surface area contributed by atoms with Gasteiger partial charge in [0.15, 0.2) is 0 Å². The molecule has 2 rings (SSSR count). The Morgan fingerprint density at radius 2 is 1.82 bits per heavy atom. The molecular weight excluding hydrogens is 294 g/mol. The highest BCUT2D eigenvalue weighted by molar-refractivity contribution is 5.82. The van der Waals surface area contributed by atoms with E-state index in [2.05, 4.69) is 5.32 Å². The highest BCUT2D eigenvalue weighted by atomic mass is 19.3. The van der Waals surface area contributed by atoms with Crippen LogP contribution in [0.5, 0.6) is 0 Å². The number of carboxylic acid groups (broad SMARTS) is 1. The molecule has 1 aliphatic rings. The monoisotopic (exact) mass is 312 g/mol. The summed E-state index contributed by atoms with van der Waals surface area (Å²) >= 11 is 0. The number of benzene rings is 1. The Bertz CT molecular complexity index is 527. The number of alkyl halides is 2. The normalized spacial score (nSPS) is 18.5. The van der Waals surface area contributed by atoms with Crippen LogP contribution < -0.4 is 5.32 Å². The van der Waals surface area contributed by atoms with Gasteiger partial charge in [0.05, 0.1) is 0 Å². The minimum atomic E-state index is -2.74. The Morgan fingerprint density at radius 3 is 2.36 bits per heavy atom. The predicted octanol–water partition coefficient (Wildman–Crippen LogP) is 2.12. The third-order valence-electron chi connectivity index (χ3n) is 3.66. The first-order chi connectivity index (χ1) is 10.4. The van der Waals surface area contributed by atoms with Crippen LogP contribution in [0.4, 0.5) is 13.6 Å². The zero-order valence-electron chi connectivity index (χ0n) is 12.0. The van der Waals surface area contributed by atoms with Crippen molar-refractivity contribution in [2.45, 2.75) is 31.2 Å². The summed E-state index contributed by atoms with van der Waals surface area (Å²) in [6.45, 7) is -0.146. The van der Waals surface area contributed by atoms with E-state index in [9.17, 15) is 23.5 Å². The van der Waals surface area contributed by atoms with Crippen molar-refractivity contribution < 1.29 is 23.5 Å². The first-order valence-corrected chi connectivity index (χ1v) is 7.07. The summed E-state index contributed by atoms with van der Waals surface area (Å²) in [4.78, 5) is 24.5. The van der Waals surface area contributed by atoms with E-state index in [1.54, 1.807) is 24.3 Å². The lowest BCUT2D eigenvalue weighted by Crippen LogP contribution is -2.52. The number of rotatable bonds is 4. The molecule has 2 amide bonds. The Morgan fingerprint density at radius 1 is 1.23 bits per heavy atom. The fourth-order valence-corrected chi connectivity index (χ4v) is 2.33. The molecule has 1 aromatic carbocycles. The number of carboxylic acids is 1. The fourth-order valence-electron chi connectivity index (χ4n) is 2.33. The molecule has 120 valence electrons. The summed E-state index contributed by atoms with van der Waals surface area (Å²) in [5.41, 5.74) is 0.778. The first kappa shape index (κ1) is 16.2. The van der Waals surface area contributed by atoms with E-state index in [1.165, 1.54) is 4.90 Å². The topological polar surface area (TPSA) is 69.6 Å². The van der Waals surface area contributed by atoms with Crippen LogP contribution in [0.15, 0.2) is 30.3 Å². The number of hydrogen-bond donors (Lipinski definition) is 2. The number of urea groups is 1. The maximum Gasteiger partial charge on any atom is 0.326 e. The number of halogens is 2. The van der Waals surface area contributed by atoms with Gasteiger partial charge >= 0.3 is 12.0 Å². The van der Waals surface area contributed by atoms with Gasteiger partial charge in [0.1, 0.15) is 6.04 Å². The molecule has 0 spiro atoms. The Labute approximate surface area is 126 Å². The molecule has 2 N–H and O–H groups in total. The maximum absolute atomic E-state index is 13.1. The Kier molecular flexibility index (Phi) is 4.95. The highest BCUT2D eigenvalue weighted by Crippen LogP contribution is 2.27. The Balaban J connectivity index is 1.93. The molecule has 1 unspecified atom stereocenters. The van der Waals surface area contributed by atoms with Crippen molar-refractivity contribution in [3.63, 3.8) is 0 Å². The van der Waals surface area contributed by atoms with Crippen molar-refractivity contribution in [1.29, 1.82) is 0 Å². The lowest BCUT2D eigenvalue weighted by molar-refractivity contribution is -0.139. The number of nitrogens with one attached hydrogen (secondary N) is 1. The largest absolute Gasteiger partial charge is 0.480 e. The molecule has 7 heteroatoms. The lowest BCUT2D eigenvalue weighted by atomic mass is 10.1. The summed E-state index contributed by atoms with van der Waals surface area (Å²) in [7, 11) is 0. The van der Waals surface area contributed by atoms with Crippen LogP contribution >= 0.6 is 0 Å². The molecule has 22 heavy (non-hydrogen) atoms. The summed E-state index contributed by atoms with van der Waals surface area (Å²) in [6, 6.07) is 7.21. The van der Waals surface area contributed by atoms with Gasteiger partial charge in [-0.2, -0.15) is 0 Å². The molecule has 1 aromatic rings. The summed E-state index contributed by atoms with van der Waals surface area (Å²) in [5.74, 6) is -3.90. The third-order valence-corrected chi connectivity index (χ3v) is 3.66. The van der Waals surface area contributed by atoms with Crippen molar-refractivity contribution in [3.8, 4) is 0 Å². The standard InChI is InChI=1S/C15H18F2N2O3/c16-15(17)6-8-19(9-7-15)14(22)18-12(13(20)21)10-11-4-2-1-3-5-11/h1-5,12H,6-10H2,(H,18,22)(H,20,21). The molecular formula is C15H18F2N2O3. The second-order valence-corrected chi connectivity index (χ2v) is 5.37. The summed E-state index contributed by atoms with van der Waals surface area (Å²) in [5, 5.41) is 11.6. The predicted molar refractivity (Wildman–Crippen MR) is 75.9 cm³/mol. The second-order valence-electron chi connectivity index (χ2n) is 5.37. The van der Waals surface area contributed by atoms with E-state index >= 15 is 0 Å². The van der Waals surface area contributed by atoms with E-state index in [4.69, 9.17) is 0 Å². The molecule has 0 aromatic heterocycles. The van der Waals surface area contributed by atoms with Gasteiger partial charge in [-0.1, -0.05) is 30.3 Å². The van der Waals surface area contributed by atoms with E-state index in [1.807, 2.05) is 6.07 Å². The third kappa shape index (κ3) is 4.41. The van der Waals surface area contributed by atoms with Gasteiger partial charge in [-0.25, -0.2) is 18.4 Å². The van der Waals surface area contributed by atoms with Gasteiger partial charge in [0, 0.05) is 32.4 Å². The smallest absolute Gasteiger partial charge is 0.326 e. The molecule has 0 radical (unpaired) electrons. The van der Waals surface area contributed by atoms with Crippen LogP contribution in [0, 0.1) is 0 Å². The number of aliphatic carboxylic acids is 1. The van der Waals surface area contributed by atoms with Crippen LogP contribution in [0.3, 0.4) is 0 Å². The lowest BCUT2D eigenvalue weighted by Gasteiger charge is -2.32. The van der Waals surface area contributed by atoms with Crippen molar-refractivity contribution in [3.05, 3.63) is 35.9 Å². The van der Waals surface area contributed by atoms with Crippen molar-refractivity contribution in [1.82, 2.24) is 10.2 Å². The van der Waals surface area contributed by atoms with Gasteiger partial charge < -0.3 is 15.3 Å². The molecule has 1 aliphatic heterocycles. The van der Waals surface area contributed by atoms with Gasteiger partial charge in [-0.3, -0.25) is 0 Å². The zero-order chi connectivity index (χ0) is 16.2. The zero-order valence-corrected chi connectivity index (χ0v) is 12.0. The number of likely N-dealkylation sites (tertiary alicyclic amines) is 1. The molecule has 1 heterocycles. The quantitative estimate of drug-likeness (QED) is 0.895. The van der Waals surface area contributed by atoms with E-state index in [0.717, 1.165) is 5.56 Å². The van der Waals surface area contributed by atoms with Crippen molar-refractivity contribution in [2.75, 3.05) is 13.1 Å². The van der Waals surface area contributed by atoms with Crippen LogP contribution in [-0.2, 0) is 11.2 Å². The number of nitrogens with zero attached hydrogens (tertiary/aromatic N) is 1. The van der Waals surface area contributed by atoms with Gasteiger partial charge in [0.2, 0.25) is 0 Å².